The number of rotatable bonds is 6. The van der Waals surface area contributed by atoms with E-state index in [1.165, 1.54) is 0 Å². The monoisotopic (exact) mass is 264 g/mol. The smallest absolute Gasteiger partial charge is 0.108 e. The van der Waals surface area contributed by atoms with E-state index in [0.29, 0.717) is 6.04 Å². The molecule has 0 unspecified atom stereocenters. The van der Waals surface area contributed by atoms with Crippen molar-refractivity contribution in [3.05, 3.63) is 34.3 Å². The lowest BCUT2D eigenvalue weighted by molar-refractivity contribution is 0.585. The molecule has 2 aromatic rings. The number of hydrogen-bond donors (Lipinski definition) is 1. The Balaban J connectivity index is 1.98. The summed E-state index contributed by atoms with van der Waals surface area (Å²) in [4.78, 5) is 8.96. The number of aromatic nitrogens is 3. The molecule has 0 aromatic carbocycles. The largest absolute Gasteiger partial charge is 0.329 e. The topological polar surface area (TPSA) is 42.7 Å². The van der Waals surface area contributed by atoms with Gasteiger partial charge in [-0.1, -0.05) is 20.8 Å². The van der Waals surface area contributed by atoms with Crippen molar-refractivity contribution in [3.8, 4) is 0 Å². The molecule has 0 aliphatic carbocycles. The third kappa shape index (κ3) is 3.40. The number of nitrogens with one attached hydrogen (secondary N) is 1. The Bertz CT molecular complexity index is 487. The highest BCUT2D eigenvalue weighted by Crippen LogP contribution is 2.12. The van der Waals surface area contributed by atoms with Crippen LogP contribution in [0.2, 0.25) is 0 Å². The predicted octanol–water partition coefficient (Wildman–Crippen LogP) is 2.45. The Morgan fingerprint density at radius 2 is 2.28 bits per heavy atom. The van der Waals surface area contributed by atoms with E-state index in [0.717, 1.165) is 36.0 Å². The van der Waals surface area contributed by atoms with Crippen LogP contribution in [0.5, 0.6) is 0 Å². The van der Waals surface area contributed by atoms with Crippen molar-refractivity contribution in [1.82, 2.24) is 19.9 Å². The number of thiazole rings is 1. The molecular weight excluding hydrogens is 244 g/mol. The molecule has 1 N–H and O–H groups in total. The van der Waals surface area contributed by atoms with E-state index in [2.05, 4.69) is 46.0 Å². The Hall–Kier alpha value is -1.20. The average molecular weight is 264 g/mol. The van der Waals surface area contributed by atoms with Crippen molar-refractivity contribution in [2.24, 2.45) is 0 Å². The molecule has 2 heterocycles. The summed E-state index contributed by atoms with van der Waals surface area (Å²) in [5.41, 5.74) is 1.12. The molecular formula is C13H20N4S. The Kier molecular flexibility index (Phi) is 4.49. The first kappa shape index (κ1) is 13.2. The van der Waals surface area contributed by atoms with Gasteiger partial charge in [-0.25, -0.2) is 9.97 Å². The summed E-state index contributed by atoms with van der Waals surface area (Å²) in [6.07, 6.45) is 4.83. The van der Waals surface area contributed by atoms with E-state index in [1.54, 1.807) is 11.3 Å². The van der Waals surface area contributed by atoms with Crippen molar-refractivity contribution in [2.45, 2.75) is 46.3 Å². The fourth-order valence-corrected chi connectivity index (χ4v) is 2.50. The van der Waals surface area contributed by atoms with E-state index in [9.17, 15) is 0 Å². The summed E-state index contributed by atoms with van der Waals surface area (Å²) in [7, 11) is 0. The van der Waals surface area contributed by atoms with Gasteiger partial charge in [0.15, 0.2) is 0 Å². The quantitative estimate of drug-likeness (QED) is 0.871. The standard InChI is InChI=1S/C13H20N4S/c1-4-12-14-5-6-17(12)8-11-9-18-13(16-11)7-15-10(2)3/h5-6,9-10,15H,4,7-8H2,1-3H3. The van der Waals surface area contributed by atoms with Gasteiger partial charge in [-0.3, -0.25) is 0 Å². The van der Waals surface area contributed by atoms with Crippen molar-refractivity contribution in [1.29, 1.82) is 0 Å². The van der Waals surface area contributed by atoms with Gasteiger partial charge in [0, 0.05) is 36.8 Å². The first-order chi connectivity index (χ1) is 8.69. The lowest BCUT2D eigenvalue weighted by atomic mass is 10.4. The van der Waals surface area contributed by atoms with Gasteiger partial charge >= 0.3 is 0 Å². The second-order valence-corrected chi connectivity index (χ2v) is 5.54. The van der Waals surface area contributed by atoms with Crippen LogP contribution in [0.1, 0.15) is 37.3 Å². The van der Waals surface area contributed by atoms with Gasteiger partial charge in [-0.05, 0) is 0 Å². The summed E-state index contributed by atoms with van der Waals surface area (Å²) in [5, 5.41) is 6.67. The number of aryl methyl sites for hydroxylation is 1. The van der Waals surface area contributed by atoms with Crippen LogP contribution in [0, 0.1) is 0 Å². The first-order valence-electron chi connectivity index (χ1n) is 6.35. The van der Waals surface area contributed by atoms with Crippen LogP contribution in [-0.2, 0) is 19.5 Å². The summed E-state index contributed by atoms with van der Waals surface area (Å²) >= 11 is 1.72. The SMILES string of the molecule is CCc1nccn1Cc1csc(CNC(C)C)n1. The molecule has 0 saturated heterocycles. The maximum atomic E-state index is 4.64. The molecule has 18 heavy (non-hydrogen) atoms. The van der Waals surface area contributed by atoms with Gasteiger partial charge in [0.1, 0.15) is 10.8 Å². The van der Waals surface area contributed by atoms with E-state index in [-0.39, 0.29) is 0 Å². The van der Waals surface area contributed by atoms with Crippen LogP contribution >= 0.6 is 11.3 Å². The summed E-state index contributed by atoms with van der Waals surface area (Å²) < 4.78 is 2.16. The van der Waals surface area contributed by atoms with Crippen LogP contribution in [0.4, 0.5) is 0 Å². The molecule has 0 spiro atoms. The molecule has 2 aromatic heterocycles. The normalized spacial score (nSPS) is 11.3. The third-order valence-electron chi connectivity index (χ3n) is 2.71. The third-order valence-corrected chi connectivity index (χ3v) is 3.61. The molecule has 0 radical (unpaired) electrons. The van der Waals surface area contributed by atoms with Crippen molar-refractivity contribution in [3.63, 3.8) is 0 Å². The maximum absolute atomic E-state index is 4.64. The van der Waals surface area contributed by atoms with Gasteiger partial charge in [0.25, 0.3) is 0 Å². The summed E-state index contributed by atoms with van der Waals surface area (Å²) in [6.45, 7) is 8.09. The van der Waals surface area contributed by atoms with Crippen LogP contribution in [0.3, 0.4) is 0 Å². The maximum Gasteiger partial charge on any atom is 0.108 e. The predicted molar refractivity (Wildman–Crippen MR) is 74.8 cm³/mol. The van der Waals surface area contributed by atoms with Crippen LogP contribution in [0.15, 0.2) is 17.8 Å². The minimum Gasteiger partial charge on any atom is -0.329 e. The molecule has 2 rings (SSSR count). The minimum absolute atomic E-state index is 0.498. The molecule has 0 aliphatic rings. The zero-order valence-electron chi connectivity index (χ0n) is 11.2. The molecule has 0 aliphatic heterocycles. The van der Waals surface area contributed by atoms with E-state index >= 15 is 0 Å². The molecule has 98 valence electrons. The highest BCUT2D eigenvalue weighted by atomic mass is 32.1. The molecule has 0 saturated carbocycles. The highest BCUT2D eigenvalue weighted by molar-refractivity contribution is 7.09. The van der Waals surface area contributed by atoms with Crippen molar-refractivity contribution < 1.29 is 0 Å². The zero-order chi connectivity index (χ0) is 13.0. The van der Waals surface area contributed by atoms with E-state index in [1.807, 2.05) is 12.4 Å². The molecule has 0 bridgehead atoms. The van der Waals surface area contributed by atoms with E-state index in [4.69, 9.17) is 0 Å². The van der Waals surface area contributed by atoms with Crippen LogP contribution in [0.25, 0.3) is 0 Å². The summed E-state index contributed by atoms with van der Waals surface area (Å²) in [6, 6.07) is 0.498. The number of imidazole rings is 1. The fourth-order valence-electron chi connectivity index (χ4n) is 1.77. The highest BCUT2D eigenvalue weighted by Gasteiger charge is 2.06. The molecule has 5 heteroatoms. The average Bonchev–Trinajstić information content (AvgIpc) is 2.96. The van der Waals surface area contributed by atoms with Gasteiger partial charge in [-0.2, -0.15) is 0 Å². The van der Waals surface area contributed by atoms with Gasteiger partial charge in [0.2, 0.25) is 0 Å². The number of hydrogen-bond acceptors (Lipinski definition) is 4. The minimum atomic E-state index is 0.498. The first-order valence-corrected chi connectivity index (χ1v) is 7.23. The van der Waals surface area contributed by atoms with Gasteiger partial charge < -0.3 is 9.88 Å². The van der Waals surface area contributed by atoms with Gasteiger partial charge in [0.05, 0.1) is 12.2 Å². The van der Waals surface area contributed by atoms with Gasteiger partial charge in [-0.15, -0.1) is 11.3 Å². The van der Waals surface area contributed by atoms with Crippen LogP contribution < -0.4 is 5.32 Å². The summed E-state index contributed by atoms with van der Waals surface area (Å²) in [5.74, 6) is 1.12. The Morgan fingerprint density at radius 1 is 1.44 bits per heavy atom. The Morgan fingerprint density at radius 3 is 3.00 bits per heavy atom. The molecule has 0 fully saturated rings. The van der Waals surface area contributed by atoms with Crippen molar-refractivity contribution >= 4 is 11.3 Å². The fraction of sp³-hybridized carbons (Fsp3) is 0.538. The number of nitrogens with zero attached hydrogens (tertiary/aromatic N) is 3. The molecule has 0 amide bonds. The second-order valence-electron chi connectivity index (χ2n) is 4.59. The lowest BCUT2D eigenvalue weighted by Gasteiger charge is -2.05. The van der Waals surface area contributed by atoms with E-state index < -0.39 is 0 Å². The van der Waals surface area contributed by atoms with Crippen LogP contribution in [-0.4, -0.2) is 20.6 Å². The molecule has 4 nitrogen and oxygen atoms in total. The lowest BCUT2D eigenvalue weighted by Crippen LogP contribution is -2.21. The zero-order valence-corrected chi connectivity index (χ0v) is 12.0. The second kappa shape index (κ2) is 6.11. The van der Waals surface area contributed by atoms with Crippen molar-refractivity contribution in [2.75, 3.05) is 0 Å². The Labute approximate surface area is 112 Å². The molecule has 0 atom stereocenters.